The highest BCUT2D eigenvalue weighted by Crippen LogP contribution is 2.24. The van der Waals surface area contributed by atoms with Gasteiger partial charge in [0.15, 0.2) is 0 Å². The highest BCUT2D eigenvalue weighted by molar-refractivity contribution is 7.63. The van der Waals surface area contributed by atoms with Gasteiger partial charge < -0.3 is 28.4 Å². The molecule has 0 aliphatic heterocycles. The van der Waals surface area contributed by atoms with Gasteiger partial charge in [0, 0.05) is 10.6 Å². The average Bonchev–Trinajstić information content (AvgIpc) is 2.78. The lowest BCUT2D eigenvalue weighted by Crippen LogP contribution is -2.33. The van der Waals surface area contributed by atoms with E-state index in [1.807, 2.05) is 18.2 Å². The van der Waals surface area contributed by atoms with Crippen LogP contribution in [0, 0.1) is 0 Å². The zero-order valence-corrected chi connectivity index (χ0v) is 15.3. The van der Waals surface area contributed by atoms with Crippen molar-refractivity contribution in [3.8, 4) is 0 Å². The lowest BCUT2D eigenvalue weighted by atomic mass is 10.2. The summed E-state index contributed by atoms with van der Waals surface area (Å²) >= 11 is 12.2. The normalized spacial score (nSPS) is 11.1. The maximum absolute atomic E-state index is 5.76. The van der Waals surface area contributed by atoms with Crippen LogP contribution in [0.25, 0.3) is 10.2 Å². The lowest BCUT2D eigenvalue weighted by molar-refractivity contribution is -0.884. The molecule has 1 heterocycles. The first-order chi connectivity index (χ1) is 10.3. The molecule has 0 aliphatic rings. The van der Waals surface area contributed by atoms with Gasteiger partial charge in [0.2, 0.25) is 0 Å². The fraction of sp³-hybridized carbons (Fsp3) is 0.235. The number of nitrogens with zero attached hydrogens (tertiary/aromatic N) is 2. The van der Waals surface area contributed by atoms with Gasteiger partial charge in [0.25, 0.3) is 0 Å². The summed E-state index contributed by atoms with van der Waals surface area (Å²) < 4.78 is 2.76. The standard InChI is InChI=1S/C10H16N.C7H4ClNS2/c1-11(2,3)9-10-7-5-4-6-8-10;8-4-1-2-6-5(3-4)9-7(10)11-6/h4-8H,9H2,1-3H3;1-3H,(H,9,10)/q+1;/p-1. The summed E-state index contributed by atoms with van der Waals surface area (Å²) in [6, 6.07) is 16.2. The third kappa shape index (κ3) is 5.54. The van der Waals surface area contributed by atoms with Gasteiger partial charge in [-0.1, -0.05) is 48.0 Å². The zero-order valence-electron chi connectivity index (χ0n) is 12.9. The second-order valence-electron chi connectivity index (χ2n) is 6.03. The summed E-state index contributed by atoms with van der Waals surface area (Å²) in [7, 11) is 6.60. The van der Waals surface area contributed by atoms with E-state index in [0.29, 0.717) is 9.36 Å². The Bertz CT molecular complexity index is 733. The Balaban J connectivity index is 0.000000160. The number of halogens is 1. The molecule has 0 saturated carbocycles. The Hall–Kier alpha value is -1.20. The van der Waals surface area contributed by atoms with E-state index in [0.717, 1.165) is 21.2 Å². The molecule has 0 radical (unpaired) electrons. The minimum Gasteiger partial charge on any atom is -0.408 e. The van der Waals surface area contributed by atoms with Gasteiger partial charge in [0.05, 0.1) is 26.7 Å². The highest BCUT2D eigenvalue weighted by atomic mass is 35.5. The Morgan fingerprint density at radius 3 is 2.41 bits per heavy atom. The minimum atomic E-state index is 0.669. The first-order valence-electron chi connectivity index (χ1n) is 6.91. The lowest BCUT2D eigenvalue weighted by Gasteiger charge is -2.23. The smallest absolute Gasteiger partial charge is 0.104 e. The molecule has 0 atom stereocenters. The number of hydrogen-bond acceptors (Lipinski definition) is 3. The van der Waals surface area contributed by atoms with Gasteiger partial charge >= 0.3 is 0 Å². The Morgan fingerprint density at radius 1 is 1.09 bits per heavy atom. The second kappa shape index (κ2) is 7.38. The summed E-state index contributed by atoms with van der Waals surface area (Å²) in [4.78, 5) is 4.12. The number of quaternary nitrogens is 1. The van der Waals surface area contributed by atoms with Crippen molar-refractivity contribution in [1.82, 2.24) is 4.98 Å². The van der Waals surface area contributed by atoms with Crippen molar-refractivity contribution < 1.29 is 4.48 Å². The second-order valence-corrected chi connectivity index (χ2v) is 8.14. The third-order valence-electron chi connectivity index (χ3n) is 2.83. The molecule has 0 bridgehead atoms. The Morgan fingerprint density at radius 2 is 1.77 bits per heavy atom. The van der Waals surface area contributed by atoms with Crippen LogP contribution in [0.3, 0.4) is 0 Å². The highest BCUT2D eigenvalue weighted by Gasteiger charge is 2.06. The van der Waals surface area contributed by atoms with E-state index in [2.05, 4.69) is 56.5 Å². The molecule has 3 rings (SSSR count). The van der Waals surface area contributed by atoms with Crippen LogP contribution in [-0.2, 0) is 19.2 Å². The average molecular weight is 351 g/mol. The number of hydrogen-bond donors (Lipinski definition) is 0. The number of aromatic nitrogens is 1. The predicted octanol–water partition coefficient (Wildman–Crippen LogP) is 4.75. The van der Waals surface area contributed by atoms with Crippen molar-refractivity contribution in [3.05, 3.63) is 59.1 Å². The molecule has 116 valence electrons. The van der Waals surface area contributed by atoms with Crippen LogP contribution in [0.5, 0.6) is 0 Å². The molecule has 3 aromatic rings. The van der Waals surface area contributed by atoms with E-state index in [9.17, 15) is 0 Å². The molecule has 0 saturated heterocycles. The Kier molecular flexibility index (Phi) is 5.75. The van der Waals surface area contributed by atoms with Crippen LogP contribution in [0.1, 0.15) is 5.56 Å². The van der Waals surface area contributed by atoms with E-state index < -0.39 is 0 Å². The quantitative estimate of drug-likeness (QED) is 0.488. The van der Waals surface area contributed by atoms with Crippen LogP contribution in [-0.4, -0.2) is 30.6 Å². The van der Waals surface area contributed by atoms with Crippen LogP contribution >= 0.6 is 22.9 Å². The summed E-state index contributed by atoms with van der Waals surface area (Å²) in [6.07, 6.45) is 0. The number of benzene rings is 2. The van der Waals surface area contributed by atoms with Crippen molar-refractivity contribution in [3.63, 3.8) is 0 Å². The molecule has 5 heteroatoms. The maximum Gasteiger partial charge on any atom is 0.104 e. The number of thiazole rings is 1. The summed E-state index contributed by atoms with van der Waals surface area (Å²) in [6.45, 7) is 1.10. The van der Waals surface area contributed by atoms with Gasteiger partial charge in [-0.2, -0.15) is 0 Å². The van der Waals surface area contributed by atoms with E-state index in [1.165, 1.54) is 16.9 Å². The molecule has 2 aromatic carbocycles. The van der Waals surface area contributed by atoms with Gasteiger partial charge in [0.1, 0.15) is 6.54 Å². The van der Waals surface area contributed by atoms with Crippen molar-refractivity contribution in [1.29, 1.82) is 0 Å². The van der Waals surface area contributed by atoms with Crippen LogP contribution < -0.4 is 0 Å². The first kappa shape index (κ1) is 17.2. The van der Waals surface area contributed by atoms with E-state index >= 15 is 0 Å². The fourth-order valence-corrected chi connectivity index (χ4v) is 3.22. The molecular weight excluding hydrogens is 332 g/mol. The van der Waals surface area contributed by atoms with Crippen LogP contribution in [0.2, 0.25) is 5.02 Å². The molecule has 0 aliphatic carbocycles. The fourth-order valence-electron chi connectivity index (χ4n) is 2.01. The molecule has 0 spiro atoms. The van der Waals surface area contributed by atoms with Crippen molar-refractivity contribution >= 4 is 45.8 Å². The van der Waals surface area contributed by atoms with E-state index in [4.69, 9.17) is 24.2 Å². The monoisotopic (exact) mass is 350 g/mol. The Labute approximate surface area is 146 Å². The topological polar surface area (TPSA) is 12.9 Å². The van der Waals surface area contributed by atoms with Crippen molar-refractivity contribution in [2.45, 2.75) is 10.9 Å². The number of fused-ring (bicyclic) bond motifs is 1. The minimum absolute atomic E-state index is 0.669. The predicted molar refractivity (Wildman–Crippen MR) is 98.4 cm³/mol. The van der Waals surface area contributed by atoms with Gasteiger partial charge in [-0.25, -0.2) is 0 Å². The summed E-state index contributed by atoms with van der Waals surface area (Å²) in [5, 5.41) is 0.706. The summed E-state index contributed by atoms with van der Waals surface area (Å²) in [5.41, 5.74) is 2.30. The molecule has 0 fully saturated rings. The summed E-state index contributed by atoms with van der Waals surface area (Å²) in [5.74, 6) is 0. The largest absolute Gasteiger partial charge is 0.408 e. The number of rotatable bonds is 2. The van der Waals surface area contributed by atoms with Gasteiger partial charge in [-0.15, -0.1) is 0 Å². The maximum atomic E-state index is 5.76. The molecule has 0 amide bonds. The molecular formula is C17H19ClN2S2. The molecule has 22 heavy (non-hydrogen) atoms. The molecule has 0 unspecified atom stereocenters. The van der Waals surface area contributed by atoms with Crippen LogP contribution in [0.4, 0.5) is 0 Å². The van der Waals surface area contributed by atoms with E-state index in [1.54, 1.807) is 0 Å². The van der Waals surface area contributed by atoms with Crippen molar-refractivity contribution in [2.75, 3.05) is 21.1 Å². The molecule has 0 N–H and O–H groups in total. The first-order valence-corrected chi connectivity index (χ1v) is 8.51. The third-order valence-corrected chi connectivity index (χ3v) is 4.24. The van der Waals surface area contributed by atoms with Gasteiger partial charge in [-0.05, 0) is 21.2 Å². The SMILES string of the molecule is C[N+](C)(C)Cc1ccccc1.[S-]c1nc2cc(Cl)ccc2s1. The van der Waals surface area contributed by atoms with Crippen molar-refractivity contribution in [2.24, 2.45) is 0 Å². The van der Waals surface area contributed by atoms with Gasteiger partial charge in [-0.3, -0.25) is 4.98 Å². The zero-order chi connectivity index (χ0) is 16.2. The molecule has 2 nitrogen and oxygen atoms in total. The van der Waals surface area contributed by atoms with E-state index in [-0.39, 0.29) is 0 Å². The van der Waals surface area contributed by atoms with Crippen LogP contribution in [0.15, 0.2) is 52.9 Å². The molecule has 1 aromatic heterocycles.